The van der Waals surface area contributed by atoms with Crippen molar-refractivity contribution in [2.75, 3.05) is 5.43 Å². The summed E-state index contributed by atoms with van der Waals surface area (Å²) in [6, 6.07) is 6.93. The number of para-hydroxylation sites is 1. The standard InChI is InChI=1S/C23H32N6O3/c1-4-5-6-7-8-9-12-15-29-19-20(28(3)23(32)25-21(19)31)24-22(29)27-26-16(2)17-13-10-11-14-18(17)30/h10-11,13-14,30H,4-9,12,15H2,1-3H3,(H,24,27)(H,25,31,32)/b26-16-. The van der Waals surface area contributed by atoms with Crippen LogP contribution in [0.1, 0.15) is 64.4 Å². The Balaban J connectivity index is 1.86. The minimum absolute atomic E-state index is 0.131. The summed E-state index contributed by atoms with van der Waals surface area (Å²) >= 11 is 0. The number of nitrogens with one attached hydrogen (secondary N) is 2. The molecule has 0 saturated heterocycles. The van der Waals surface area contributed by atoms with Crippen molar-refractivity contribution >= 4 is 22.8 Å². The van der Waals surface area contributed by atoms with Gasteiger partial charge in [0.2, 0.25) is 5.95 Å². The summed E-state index contributed by atoms with van der Waals surface area (Å²) < 4.78 is 3.10. The number of hydrogen-bond donors (Lipinski definition) is 3. The lowest BCUT2D eigenvalue weighted by Crippen LogP contribution is -2.29. The molecule has 0 unspecified atom stereocenters. The maximum atomic E-state index is 12.6. The molecule has 3 aromatic rings. The van der Waals surface area contributed by atoms with Gasteiger partial charge in [-0.05, 0) is 25.5 Å². The third-order valence-electron chi connectivity index (χ3n) is 5.61. The second-order valence-electron chi connectivity index (χ2n) is 8.03. The highest BCUT2D eigenvalue weighted by Crippen LogP contribution is 2.19. The number of hydrazone groups is 1. The van der Waals surface area contributed by atoms with Crippen LogP contribution < -0.4 is 16.7 Å². The second kappa shape index (κ2) is 10.8. The molecule has 172 valence electrons. The third kappa shape index (κ3) is 5.27. The number of hydrogen-bond acceptors (Lipinski definition) is 6. The molecule has 0 bridgehead atoms. The molecule has 0 atom stereocenters. The van der Waals surface area contributed by atoms with E-state index in [1.54, 1.807) is 36.7 Å². The Hall–Kier alpha value is -3.36. The van der Waals surface area contributed by atoms with E-state index in [1.807, 2.05) is 6.07 Å². The molecule has 1 aromatic carbocycles. The molecular weight excluding hydrogens is 408 g/mol. The number of anilines is 1. The molecule has 9 heteroatoms. The van der Waals surface area contributed by atoms with Gasteiger partial charge in [-0.3, -0.25) is 14.3 Å². The topological polar surface area (TPSA) is 117 Å². The molecule has 0 saturated carbocycles. The van der Waals surface area contributed by atoms with Crippen molar-refractivity contribution in [2.24, 2.45) is 12.1 Å². The van der Waals surface area contributed by atoms with E-state index in [-0.39, 0.29) is 5.75 Å². The SMILES string of the molecule is CCCCCCCCCn1c(N/N=C(/C)c2ccccc2O)nc2c1c(=O)[nH]c(=O)n2C. The smallest absolute Gasteiger partial charge is 0.329 e. The first-order valence-corrected chi connectivity index (χ1v) is 11.2. The van der Waals surface area contributed by atoms with Crippen molar-refractivity contribution in [1.29, 1.82) is 0 Å². The molecule has 32 heavy (non-hydrogen) atoms. The minimum Gasteiger partial charge on any atom is -0.507 e. The van der Waals surface area contributed by atoms with Crippen molar-refractivity contribution in [2.45, 2.75) is 65.3 Å². The molecule has 0 spiro atoms. The van der Waals surface area contributed by atoms with Gasteiger partial charge >= 0.3 is 5.69 Å². The van der Waals surface area contributed by atoms with Gasteiger partial charge in [-0.2, -0.15) is 10.1 Å². The van der Waals surface area contributed by atoms with E-state index in [9.17, 15) is 14.7 Å². The first-order valence-electron chi connectivity index (χ1n) is 11.2. The number of rotatable bonds is 11. The van der Waals surface area contributed by atoms with Crippen molar-refractivity contribution in [3.63, 3.8) is 0 Å². The number of aromatic amines is 1. The van der Waals surface area contributed by atoms with Crippen LogP contribution in [0.25, 0.3) is 11.2 Å². The Morgan fingerprint density at radius 3 is 2.53 bits per heavy atom. The van der Waals surface area contributed by atoms with E-state index < -0.39 is 11.2 Å². The van der Waals surface area contributed by atoms with Crippen LogP contribution in [0.15, 0.2) is 39.0 Å². The van der Waals surface area contributed by atoms with E-state index in [2.05, 4.69) is 27.4 Å². The zero-order chi connectivity index (χ0) is 23.1. The molecule has 0 aliphatic carbocycles. The summed E-state index contributed by atoms with van der Waals surface area (Å²) in [5.41, 5.74) is 3.77. The van der Waals surface area contributed by atoms with Gasteiger partial charge < -0.3 is 9.67 Å². The quantitative estimate of drug-likeness (QED) is 0.239. The zero-order valence-corrected chi connectivity index (χ0v) is 19.0. The lowest BCUT2D eigenvalue weighted by molar-refractivity contribution is 0.474. The highest BCUT2D eigenvalue weighted by molar-refractivity contribution is 6.01. The van der Waals surface area contributed by atoms with Crippen LogP contribution >= 0.6 is 0 Å². The summed E-state index contributed by atoms with van der Waals surface area (Å²) in [4.78, 5) is 31.4. The van der Waals surface area contributed by atoms with Crippen molar-refractivity contribution in [3.05, 3.63) is 50.7 Å². The molecule has 0 radical (unpaired) electrons. The van der Waals surface area contributed by atoms with E-state index in [4.69, 9.17) is 0 Å². The number of nitrogens with zero attached hydrogens (tertiary/aromatic N) is 4. The number of H-pyrrole nitrogens is 1. The molecule has 9 nitrogen and oxygen atoms in total. The highest BCUT2D eigenvalue weighted by atomic mass is 16.3. The predicted octanol–water partition coefficient (Wildman–Crippen LogP) is 3.72. The molecule has 0 aliphatic heterocycles. The van der Waals surface area contributed by atoms with Crippen LogP contribution in [-0.4, -0.2) is 29.9 Å². The summed E-state index contributed by atoms with van der Waals surface area (Å²) in [6.45, 7) is 4.56. The lowest BCUT2D eigenvalue weighted by atomic mass is 10.1. The number of aryl methyl sites for hydroxylation is 2. The van der Waals surface area contributed by atoms with E-state index in [1.165, 1.54) is 30.3 Å². The number of phenolic OH excluding ortho intramolecular Hbond substituents is 1. The molecule has 0 fully saturated rings. The average Bonchev–Trinajstić information content (AvgIpc) is 3.14. The molecule has 3 rings (SSSR count). The molecule has 0 amide bonds. The van der Waals surface area contributed by atoms with Gasteiger partial charge in [-0.1, -0.05) is 57.6 Å². The lowest BCUT2D eigenvalue weighted by Gasteiger charge is -2.09. The largest absolute Gasteiger partial charge is 0.507 e. The van der Waals surface area contributed by atoms with E-state index in [0.29, 0.717) is 34.9 Å². The van der Waals surface area contributed by atoms with Crippen molar-refractivity contribution in [3.8, 4) is 5.75 Å². The molecule has 0 aliphatic rings. The van der Waals surface area contributed by atoms with Gasteiger partial charge in [0, 0.05) is 19.2 Å². The molecule has 2 heterocycles. The van der Waals surface area contributed by atoms with Crippen LogP contribution in [-0.2, 0) is 13.6 Å². The zero-order valence-electron chi connectivity index (χ0n) is 19.0. The Labute approximate surface area is 186 Å². The number of aromatic nitrogens is 4. The molecule has 2 aromatic heterocycles. The summed E-state index contributed by atoms with van der Waals surface area (Å²) in [5.74, 6) is 0.512. The highest BCUT2D eigenvalue weighted by Gasteiger charge is 2.17. The maximum absolute atomic E-state index is 12.6. The fourth-order valence-corrected chi connectivity index (χ4v) is 3.74. The predicted molar refractivity (Wildman–Crippen MR) is 128 cm³/mol. The third-order valence-corrected chi connectivity index (χ3v) is 5.61. The summed E-state index contributed by atoms with van der Waals surface area (Å²) in [6.07, 6.45) is 8.02. The van der Waals surface area contributed by atoms with Gasteiger partial charge in [0.1, 0.15) is 5.75 Å². The average molecular weight is 441 g/mol. The van der Waals surface area contributed by atoms with E-state index >= 15 is 0 Å². The summed E-state index contributed by atoms with van der Waals surface area (Å²) in [5, 5.41) is 14.4. The van der Waals surface area contributed by atoms with Gasteiger partial charge in [0.15, 0.2) is 11.2 Å². The number of imidazole rings is 1. The Bertz CT molecular complexity index is 1200. The maximum Gasteiger partial charge on any atom is 0.329 e. The van der Waals surface area contributed by atoms with Gasteiger partial charge in [-0.25, -0.2) is 10.2 Å². The minimum atomic E-state index is -0.511. The first kappa shape index (κ1) is 23.3. The van der Waals surface area contributed by atoms with Crippen LogP contribution in [0.4, 0.5) is 5.95 Å². The van der Waals surface area contributed by atoms with Crippen LogP contribution in [0.5, 0.6) is 5.75 Å². The monoisotopic (exact) mass is 440 g/mol. The van der Waals surface area contributed by atoms with Crippen molar-refractivity contribution < 1.29 is 5.11 Å². The van der Waals surface area contributed by atoms with Crippen LogP contribution in [0.2, 0.25) is 0 Å². The molecule has 3 N–H and O–H groups in total. The normalized spacial score (nSPS) is 11.9. The Kier molecular flexibility index (Phi) is 7.86. The Morgan fingerprint density at radius 1 is 1.12 bits per heavy atom. The van der Waals surface area contributed by atoms with Gasteiger partial charge in [0.25, 0.3) is 5.56 Å². The molecular formula is C23H32N6O3. The summed E-state index contributed by atoms with van der Waals surface area (Å²) in [7, 11) is 1.58. The van der Waals surface area contributed by atoms with E-state index in [0.717, 1.165) is 19.3 Å². The first-order chi connectivity index (χ1) is 15.4. The fraction of sp³-hybridized carbons (Fsp3) is 0.478. The van der Waals surface area contributed by atoms with Gasteiger partial charge in [0.05, 0.1) is 5.71 Å². The number of phenols is 1. The number of aromatic hydroxyl groups is 1. The number of benzene rings is 1. The van der Waals surface area contributed by atoms with Crippen molar-refractivity contribution in [1.82, 2.24) is 19.1 Å². The number of fused-ring (bicyclic) bond motifs is 1. The van der Waals surface area contributed by atoms with Crippen LogP contribution in [0, 0.1) is 0 Å². The fourth-order valence-electron chi connectivity index (χ4n) is 3.74. The number of unbranched alkanes of at least 4 members (excludes halogenated alkanes) is 6. The second-order valence-corrected chi connectivity index (χ2v) is 8.03. The van der Waals surface area contributed by atoms with Crippen LogP contribution in [0.3, 0.4) is 0 Å². The van der Waals surface area contributed by atoms with Gasteiger partial charge in [-0.15, -0.1) is 0 Å². The Morgan fingerprint density at radius 2 is 1.81 bits per heavy atom.